The highest BCUT2D eigenvalue weighted by Crippen LogP contribution is 2.38. The van der Waals surface area contributed by atoms with Gasteiger partial charge in [-0.15, -0.1) is 10.2 Å². The molecule has 172 valence electrons. The van der Waals surface area contributed by atoms with Crippen molar-refractivity contribution in [3.8, 4) is 28.1 Å². The van der Waals surface area contributed by atoms with Crippen molar-refractivity contribution in [3.63, 3.8) is 0 Å². The number of ether oxygens (including phenoxy) is 1. The number of primary amides is 1. The molecule has 2 aromatic heterocycles. The maximum absolute atomic E-state index is 14.2. The number of methoxy groups -OCH3 is 1. The lowest BCUT2D eigenvalue weighted by Crippen LogP contribution is -2.23. The Morgan fingerprint density at radius 2 is 1.94 bits per heavy atom. The molecule has 1 atom stereocenters. The van der Waals surface area contributed by atoms with Crippen molar-refractivity contribution in [1.29, 1.82) is 0 Å². The van der Waals surface area contributed by atoms with E-state index in [1.807, 2.05) is 24.3 Å². The first kappa shape index (κ1) is 21.8. The third kappa shape index (κ3) is 4.03. The van der Waals surface area contributed by atoms with E-state index in [2.05, 4.69) is 27.4 Å². The van der Waals surface area contributed by atoms with Crippen LogP contribution in [0.25, 0.3) is 33.3 Å². The summed E-state index contributed by atoms with van der Waals surface area (Å²) >= 11 is 0. The molecular weight excluding hydrogens is 433 g/mol. The summed E-state index contributed by atoms with van der Waals surface area (Å²) in [6.45, 7) is 2.10. The van der Waals surface area contributed by atoms with Gasteiger partial charge in [0.05, 0.1) is 18.3 Å². The van der Waals surface area contributed by atoms with Crippen LogP contribution in [0.1, 0.15) is 30.3 Å². The van der Waals surface area contributed by atoms with Gasteiger partial charge in [-0.1, -0.05) is 12.1 Å². The highest BCUT2D eigenvalue weighted by Gasteiger charge is 2.29. The maximum atomic E-state index is 14.2. The predicted molar refractivity (Wildman–Crippen MR) is 129 cm³/mol. The summed E-state index contributed by atoms with van der Waals surface area (Å²) in [5, 5.41) is 12.6. The van der Waals surface area contributed by atoms with Crippen molar-refractivity contribution in [1.82, 2.24) is 15.2 Å². The number of carbonyl (C=O) groups is 1. The molecule has 0 saturated heterocycles. The van der Waals surface area contributed by atoms with Gasteiger partial charge in [-0.2, -0.15) is 0 Å². The van der Waals surface area contributed by atoms with Crippen LogP contribution in [0.4, 0.5) is 10.1 Å². The summed E-state index contributed by atoms with van der Waals surface area (Å²) in [7, 11) is 1.57. The molecule has 1 fully saturated rings. The van der Waals surface area contributed by atoms with Crippen molar-refractivity contribution in [2.45, 2.75) is 25.8 Å². The normalized spacial score (nSPS) is 14.1. The number of pyridine rings is 1. The number of carbonyl (C=O) groups excluding carboxylic acids is 1. The summed E-state index contributed by atoms with van der Waals surface area (Å²) in [6, 6.07) is 14.3. The van der Waals surface area contributed by atoms with Gasteiger partial charge in [-0.05, 0) is 67.6 Å². The van der Waals surface area contributed by atoms with Crippen LogP contribution in [0.2, 0.25) is 0 Å². The molecule has 1 aliphatic rings. The minimum Gasteiger partial charge on any atom is -0.496 e. The molecular formula is C26H24FN5O2. The Hall–Kier alpha value is -4.07. The highest BCUT2D eigenvalue weighted by molar-refractivity contribution is 6.05. The average molecular weight is 458 g/mol. The molecule has 0 aliphatic heterocycles. The Morgan fingerprint density at radius 1 is 1.15 bits per heavy atom. The smallest absolute Gasteiger partial charge is 0.271 e. The average Bonchev–Trinajstić information content (AvgIpc) is 3.69. The van der Waals surface area contributed by atoms with Crippen LogP contribution in [-0.4, -0.2) is 34.2 Å². The van der Waals surface area contributed by atoms with E-state index in [4.69, 9.17) is 10.5 Å². The van der Waals surface area contributed by atoms with E-state index < -0.39 is 11.7 Å². The Bertz CT molecular complexity index is 1400. The van der Waals surface area contributed by atoms with Gasteiger partial charge in [0.1, 0.15) is 17.3 Å². The van der Waals surface area contributed by atoms with Crippen LogP contribution in [0.5, 0.6) is 5.75 Å². The lowest BCUT2D eigenvalue weighted by molar-refractivity contribution is 0.0995. The van der Waals surface area contributed by atoms with Crippen LogP contribution in [0, 0.1) is 11.7 Å². The molecule has 7 nitrogen and oxygen atoms in total. The zero-order valence-corrected chi connectivity index (χ0v) is 18.9. The molecule has 5 rings (SSSR count). The van der Waals surface area contributed by atoms with E-state index >= 15 is 0 Å². The minimum absolute atomic E-state index is 0.132. The summed E-state index contributed by atoms with van der Waals surface area (Å²) in [5.74, 6) is 0.131. The van der Waals surface area contributed by atoms with Crippen LogP contribution in [-0.2, 0) is 0 Å². The van der Waals surface area contributed by atoms with Gasteiger partial charge in [-0.25, -0.2) is 4.39 Å². The molecule has 2 heterocycles. The summed E-state index contributed by atoms with van der Waals surface area (Å²) in [5.41, 5.74) is 9.47. The number of benzene rings is 2. The number of amides is 1. The van der Waals surface area contributed by atoms with Gasteiger partial charge in [0.2, 0.25) is 0 Å². The van der Waals surface area contributed by atoms with Gasteiger partial charge in [-0.3, -0.25) is 9.78 Å². The van der Waals surface area contributed by atoms with Gasteiger partial charge < -0.3 is 15.8 Å². The zero-order valence-electron chi connectivity index (χ0n) is 18.9. The van der Waals surface area contributed by atoms with Crippen molar-refractivity contribution in [2.24, 2.45) is 11.7 Å². The summed E-state index contributed by atoms with van der Waals surface area (Å²) < 4.78 is 19.8. The summed E-state index contributed by atoms with van der Waals surface area (Å²) in [6.07, 6.45) is 3.88. The first-order chi connectivity index (χ1) is 16.5. The SMILES string of the molecule is COc1cc(-c2ncccc2F)ccc1-c1ccc2c(NC(C)C3CC3)c(C(N)=O)nnc2c1. The highest BCUT2D eigenvalue weighted by atomic mass is 19.1. The molecule has 4 aromatic rings. The monoisotopic (exact) mass is 457 g/mol. The van der Waals surface area contributed by atoms with Gasteiger partial charge in [0.25, 0.3) is 5.91 Å². The van der Waals surface area contributed by atoms with Crippen LogP contribution < -0.4 is 15.8 Å². The zero-order chi connectivity index (χ0) is 23.8. The molecule has 0 radical (unpaired) electrons. The Kier molecular flexibility index (Phi) is 5.57. The van der Waals surface area contributed by atoms with Gasteiger partial charge in [0.15, 0.2) is 5.69 Å². The number of anilines is 1. The Labute approximate surface area is 196 Å². The number of rotatable bonds is 7. The number of aromatic nitrogens is 3. The molecule has 1 amide bonds. The largest absolute Gasteiger partial charge is 0.496 e. The topological polar surface area (TPSA) is 103 Å². The molecule has 1 unspecified atom stereocenters. The van der Waals surface area contributed by atoms with Gasteiger partial charge in [0, 0.05) is 28.8 Å². The quantitative estimate of drug-likeness (QED) is 0.413. The summed E-state index contributed by atoms with van der Waals surface area (Å²) in [4.78, 5) is 16.2. The first-order valence-electron chi connectivity index (χ1n) is 11.1. The third-order valence-corrected chi connectivity index (χ3v) is 6.24. The van der Waals surface area contributed by atoms with Crippen molar-refractivity contribution >= 4 is 22.5 Å². The number of hydrogen-bond acceptors (Lipinski definition) is 6. The fraction of sp³-hybridized carbons (Fsp3) is 0.231. The standard InChI is InChI=1S/C26H24FN5O2/c1-14(15-5-6-15)30-24-19-10-7-16(12-21(19)31-32-25(24)26(28)33)18-9-8-17(13-22(18)34-2)23-20(27)4-3-11-29-23/h3-4,7-15H,5-6H2,1-2H3,(H2,28,33)(H,30,31). The van der Waals surface area contributed by atoms with E-state index in [1.165, 1.54) is 18.9 Å². The molecule has 2 aromatic carbocycles. The second-order valence-corrected chi connectivity index (χ2v) is 8.54. The van der Waals surface area contributed by atoms with Crippen LogP contribution >= 0.6 is 0 Å². The Morgan fingerprint density at radius 3 is 2.65 bits per heavy atom. The lowest BCUT2D eigenvalue weighted by Gasteiger charge is -2.18. The number of nitrogens with one attached hydrogen (secondary N) is 1. The molecule has 0 bridgehead atoms. The molecule has 3 N–H and O–H groups in total. The molecule has 0 spiro atoms. The Balaban J connectivity index is 1.57. The lowest BCUT2D eigenvalue weighted by atomic mass is 9.99. The molecule has 1 aliphatic carbocycles. The second-order valence-electron chi connectivity index (χ2n) is 8.54. The van der Waals surface area contributed by atoms with E-state index in [-0.39, 0.29) is 17.4 Å². The number of nitrogens with zero attached hydrogens (tertiary/aromatic N) is 3. The number of fused-ring (bicyclic) bond motifs is 1. The van der Waals surface area contributed by atoms with E-state index in [0.717, 1.165) is 16.5 Å². The first-order valence-corrected chi connectivity index (χ1v) is 11.1. The fourth-order valence-electron chi connectivity index (χ4n) is 4.21. The third-order valence-electron chi connectivity index (χ3n) is 6.24. The number of hydrogen-bond donors (Lipinski definition) is 2. The van der Waals surface area contributed by atoms with Crippen LogP contribution in [0.3, 0.4) is 0 Å². The molecule has 8 heteroatoms. The maximum Gasteiger partial charge on any atom is 0.271 e. The van der Waals surface area contributed by atoms with Gasteiger partial charge >= 0.3 is 0 Å². The number of nitrogens with two attached hydrogens (primary N) is 1. The van der Waals surface area contributed by atoms with Crippen molar-refractivity contribution in [2.75, 3.05) is 12.4 Å². The minimum atomic E-state index is -0.622. The second kappa shape index (κ2) is 8.70. The predicted octanol–water partition coefficient (Wildman–Crippen LogP) is 4.82. The van der Waals surface area contributed by atoms with Crippen molar-refractivity contribution in [3.05, 3.63) is 66.2 Å². The fourth-order valence-corrected chi connectivity index (χ4v) is 4.21. The van der Waals surface area contributed by atoms with E-state index in [1.54, 1.807) is 31.5 Å². The molecule has 1 saturated carbocycles. The van der Waals surface area contributed by atoms with Crippen LogP contribution in [0.15, 0.2) is 54.7 Å². The van der Waals surface area contributed by atoms with Crippen molar-refractivity contribution < 1.29 is 13.9 Å². The van der Waals surface area contributed by atoms with E-state index in [0.29, 0.717) is 28.4 Å². The molecule has 34 heavy (non-hydrogen) atoms. The number of halogens is 1. The van der Waals surface area contributed by atoms with E-state index in [9.17, 15) is 9.18 Å².